The predicted octanol–water partition coefficient (Wildman–Crippen LogP) is 3.44. The number of benzene rings is 2. The molecule has 126 valence electrons. The highest BCUT2D eigenvalue weighted by atomic mass is 16.5. The zero-order valence-electron chi connectivity index (χ0n) is 13.7. The summed E-state index contributed by atoms with van der Waals surface area (Å²) in [6, 6.07) is 13.8. The van der Waals surface area contributed by atoms with Crippen molar-refractivity contribution in [3.63, 3.8) is 0 Å². The second-order valence-electron chi connectivity index (χ2n) is 4.96. The van der Waals surface area contributed by atoms with E-state index in [2.05, 4.69) is 10.6 Å². The number of hydrogen-bond donors (Lipinski definition) is 2. The van der Waals surface area contributed by atoms with Crippen molar-refractivity contribution in [2.24, 2.45) is 0 Å². The summed E-state index contributed by atoms with van der Waals surface area (Å²) in [5, 5.41) is 5.45. The lowest BCUT2D eigenvalue weighted by molar-refractivity contribution is -0.142. The summed E-state index contributed by atoms with van der Waals surface area (Å²) >= 11 is 0. The maximum absolute atomic E-state index is 12.0. The van der Waals surface area contributed by atoms with E-state index in [-0.39, 0.29) is 18.4 Å². The topological polar surface area (TPSA) is 76.7 Å². The van der Waals surface area contributed by atoms with Gasteiger partial charge in [0.05, 0.1) is 25.8 Å². The van der Waals surface area contributed by atoms with E-state index in [1.54, 1.807) is 50.4 Å². The number of ether oxygens (including phenoxy) is 2. The molecule has 0 aliphatic heterocycles. The first-order valence-electron chi connectivity index (χ1n) is 7.58. The van der Waals surface area contributed by atoms with Gasteiger partial charge in [0, 0.05) is 5.69 Å². The summed E-state index contributed by atoms with van der Waals surface area (Å²) < 4.78 is 10.1. The van der Waals surface area contributed by atoms with E-state index in [0.717, 1.165) is 5.56 Å². The number of carbonyl (C=O) groups excluding carboxylic acids is 2. The Labute approximate surface area is 140 Å². The molecule has 6 heteroatoms. The molecular formula is C18H20N2O4. The summed E-state index contributed by atoms with van der Waals surface area (Å²) in [6.07, 6.45) is 0.210. The number of para-hydroxylation sites is 2. The molecule has 0 unspecified atom stereocenters. The maximum atomic E-state index is 12.0. The third-order valence-electron chi connectivity index (χ3n) is 3.22. The predicted molar refractivity (Wildman–Crippen MR) is 92.4 cm³/mol. The Balaban J connectivity index is 1.93. The lowest BCUT2D eigenvalue weighted by atomic mass is 10.1. The van der Waals surface area contributed by atoms with Crippen molar-refractivity contribution in [3.05, 3.63) is 54.1 Å². The van der Waals surface area contributed by atoms with Gasteiger partial charge in [0.2, 0.25) is 0 Å². The van der Waals surface area contributed by atoms with Gasteiger partial charge in [0.25, 0.3) is 0 Å². The molecule has 24 heavy (non-hydrogen) atoms. The fourth-order valence-electron chi connectivity index (χ4n) is 2.12. The first kappa shape index (κ1) is 17.3. The molecule has 0 saturated carbocycles. The van der Waals surface area contributed by atoms with Crippen LogP contribution in [0.1, 0.15) is 12.5 Å². The molecule has 2 aromatic carbocycles. The molecule has 0 heterocycles. The van der Waals surface area contributed by atoms with Gasteiger partial charge < -0.3 is 20.1 Å². The molecule has 0 aliphatic carbocycles. The quantitative estimate of drug-likeness (QED) is 0.796. The summed E-state index contributed by atoms with van der Waals surface area (Å²) in [4.78, 5) is 23.5. The van der Waals surface area contributed by atoms with Gasteiger partial charge in [-0.2, -0.15) is 0 Å². The number of urea groups is 1. The van der Waals surface area contributed by atoms with E-state index in [4.69, 9.17) is 9.47 Å². The van der Waals surface area contributed by atoms with E-state index in [0.29, 0.717) is 23.7 Å². The van der Waals surface area contributed by atoms with Crippen LogP contribution in [0.3, 0.4) is 0 Å². The highest BCUT2D eigenvalue weighted by Crippen LogP contribution is 2.23. The lowest BCUT2D eigenvalue weighted by Gasteiger charge is -2.11. The van der Waals surface area contributed by atoms with E-state index < -0.39 is 0 Å². The molecule has 2 aromatic rings. The molecule has 2 N–H and O–H groups in total. The third kappa shape index (κ3) is 5.01. The van der Waals surface area contributed by atoms with Gasteiger partial charge in [-0.1, -0.05) is 24.3 Å². The van der Waals surface area contributed by atoms with Crippen molar-refractivity contribution in [1.82, 2.24) is 0 Å². The SMILES string of the molecule is CCOC(=O)Cc1ccc(NC(=O)Nc2ccccc2OC)cc1. The lowest BCUT2D eigenvalue weighted by Crippen LogP contribution is -2.19. The molecule has 0 saturated heterocycles. The second-order valence-corrected chi connectivity index (χ2v) is 4.96. The monoisotopic (exact) mass is 328 g/mol. The molecule has 0 spiro atoms. The molecule has 0 aromatic heterocycles. The summed E-state index contributed by atoms with van der Waals surface area (Å²) in [6.45, 7) is 2.13. The van der Waals surface area contributed by atoms with Gasteiger partial charge in [-0.05, 0) is 36.8 Å². The minimum Gasteiger partial charge on any atom is -0.495 e. The summed E-state index contributed by atoms with van der Waals surface area (Å²) in [5.41, 5.74) is 2.02. The molecule has 0 atom stereocenters. The zero-order chi connectivity index (χ0) is 17.4. The van der Waals surface area contributed by atoms with E-state index in [1.165, 1.54) is 0 Å². The van der Waals surface area contributed by atoms with Gasteiger partial charge >= 0.3 is 12.0 Å². The number of amides is 2. The summed E-state index contributed by atoms with van der Waals surface area (Å²) in [5.74, 6) is 0.310. The Morgan fingerprint density at radius 3 is 2.38 bits per heavy atom. The fourth-order valence-corrected chi connectivity index (χ4v) is 2.12. The van der Waals surface area contributed by atoms with Crippen molar-refractivity contribution in [2.45, 2.75) is 13.3 Å². The van der Waals surface area contributed by atoms with Crippen LogP contribution in [0.4, 0.5) is 16.2 Å². The van der Waals surface area contributed by atoms with Crippen LogP contribution in [0.25, 0.3) is 0 Å². The van der Waals surface area contributed by atoms with E-state index in [9.17, 15) is 9.59 Å². The minimum absolute atomic E-state index is 0.210. The molecule has 2 amide bonds. The van der Waals surface area contributed by atoms with Crippen LogP contribution in [-0.2, 0) is 16.0 Å². The Morgan fingerprint density at radius 1 is 1.00 bits per heavy atom. The van der Waals surface area contributed by atoms with Crippen LogP contribution in [0, 0.1) is 0 Å². The number of esters is 1. The normalized spacial score (nSPS) is 9.92. The number of anilines is 2. The smallest absolute Gasteiger partial charge is 0.323 e. The average Bonchev–Trinajstić information content (AvgIpc) is 2.57. The zero-order valence-corrected chi connectivity index (χ0v) is 13.7. The molecule has 0 radical (unpaired) electrons. The fraction of sp³-hybridized carbons (Fsp3) is 0.222. The van der Waals surface area contributed by atoms with Crippen molar-refractivity contribution in [3.8, 4) is 5.75 Å². The Kier molecular flexibility index (Phi) is 6.19. The standard InChI is InChI=1S/C18H20N2O4/c1-3-24-17(21)12-13-8-10-14(11-9-13)19-18(22)20-15-6-4-5-7-16(15)23-2/h4-11H,3,12H2,1-2H3,(H2,19,20,22). The first-order chi connectivity index (χ1) is 11.6. The Hall–Kier alpha value is -3.02. The van der Waals surface area contributed by atoms with Crippen LogP contribution >= 0.6 is 0 Å². The van der Waals surface area contributed by atoms with Crippen LogP contribution in [-0.4, -0.2) is 25.7 Å². The molecule has 0 fully saturated rings. The van der Waals surface area contributed by atoms with Gasteiger partial charge in [-0.3, -0.25) is 4.79 Å². The molecular weight excluding hydrogens is 308 g/mol. The Bertz CT molecular complexity index is 698. The number of carbonyl (C=O) groups is 2. The Morgan fingerprint density at radius 2 is 1.71 bits per heavy atom. The average molecular weight is 328 g/mol. The number of methoxy groups -OCH3 is 1. The molecule has 0 aliphatic rings. The van der Waals surface area contributed by atoms with Gasteiger partial charge in [0.1, 0.15) is 5.75 Å². The van der Waals surface area contributed by atoms with Crippen molar-refractivity contribution in [1.29, 1.82) is 0 Å². The number of rotatable bonds is 6. The van der Waals surface area contributed by atoms with Gasteiger partial charge in [-0.15, -0.1) is 0 Å². The highest BCUT2D eigenvalue weighted by molar-refractivity contribution is 6.00. The highest BCUT2D eigenvalue weighted by Gasteiger charge is 2.08. The molecule has 6 nitrogen and oxygen atoms in total. The van der Waals surface area contributed by atoms with E-state index in [1.807, 2.05) is 12.1 Å². The minimum atomic E-state index is -0.377. The van der Waals surface area contributed by atoms with Crippen molar-refractivity contribution in [2.75, 3.05) is 24.4 Å². The second kappa shape index (κ2) is 8.57. The molecule has 2 rings (SSSR count). The van der Waals surface area contributed by atoms with Crippen LogP contribution < -0.4 is 15.4 Å². The van der Waals surface area contributed by atoms with Crippen molar-refractivity contribution >= 4 is 23.4 Å². The van der Waals surface area contributed by atoms with Crippen molar-refractivity contribution < 1.29 is 19.1 Å². The van der Waals surface area contributed by atoms with Gasteiger partial charge in [0.15, 0.2) is 0 Å². The van der Waals surface area contributed by atoms with Crippen LogP contribution in [0.2, 0.25) is 0 Å². The molecule has 0 bridgehead atoms. The number of hydrogen-bond acceptors (Lipinski definition) is 4. The number of nitrogens with one attached hydrogen (secondary N) is 2. The summed E-state index contributed by atoms with van der Waals surface area (Å²) in [7, 11) is 1.54. The van der Waals surface area contributed by atoms with Crippen LogP contribution in [0.5, 0.6) is 5.75 Å². The van der Waals surface area contributed by atoms with Gasteiger partial charge in [-0.25, -0.2) is 4.79 Å². The third-order valence-corrected chi connectivity index (χ3v) is 3.22. The maximum Gasteiger partial charge on any atom is 0.323 e. The largest absolute Gasteiger partial charge is 0.495 e. The van der Waals surface area contributed by atoms with E-state index >= 15 is 0 Å². The first-order valence-corrected chi connectivity index (χ1v) is 7.58. The van der Waals surface area contributed by atoms with Crippen LogP contribution in [0.15, 0.2) is 48.5 Å².